The summed E-state index contributed by atoms with van der Waals surface area (Å²) in [6.45, 7) is 3.96. The van der Waals surface area contributed by atoms with Gasteiger partial charge >= 0.3 is 12.0 Å². The highest BCUT2D eigenvalue weighted by Gasteiger charge is 2.21. The fourth-order valence-electron chi connectivity index (χ4n) is 2.28. The van der Waals surface area contributed by atoms with Crippen molar-refractivity contribution in [1.82, 2.24) is 10.6 Å². The molecule has 1 saturated carbocycles. The Morgan fingerprint density at radius 1 is 1.28 bits per heavy atom. The number of carboxylic acids is 1. The molecule has 1 rings (SSSR count). The number of carbonyl (C=O) groups excluding carboxylic acids is 1. The summed E-state index contributed by atoms with van der Waals surface area (Å²) in [5.41, 5.74) is 0. The van der Waals surface area contributed by atoms with Gasteiger partial charge in [0.05, 0.1) is 5.92 Å². The Balaban J connectivity index is 2.19. The van der Waals surface area contributed by atoms with Crippen LogP contribution in [0, 0.1) is 11.8 Å². The zero-order chi connectivity index (χ0) is 13.5. The molecule has 2 amide bonds. The van der Waals surface area contributed by atoms with Gasteiger partial charge in [0.25, 0.3) is 0 Å². The minimum Gasteiger partial charge on any atom is -0.481 e. The van der Waals surface area contributed by atoms with Crippen molar-refractivity contribution < 1.29 is 14.7 Å². The number of carboxylic acid groups (broad SMARTS) is 1. The molecular formula is C13H24N2O3. The third-order valence-corrected chi connectivity index (χ3v) is 3.75. The molecule has 1 unspecified atom stereocenters. The van der Waals surface area contributed by atoms with Crippen molar-refractivity contribution in [3.63, 3.8) is 0 Å². The monoisotopic (exact) mass is 256 g/mol. The average molecular weight is 256 g/mol. The van der Waals surface area contributed by atoms with Crippen molar-refractivity contribution in [1.29, 1.82) is 0 Å². The maximum atomic E-state index is 11.6. The molecule has 3 N–H and O–H groups in total. The molecule has 0 aromatic rings. The van der Waals surface area contributed by atoms with Crippen molar-refractivity contribution in [2.75, 3.05) is 6.54 Å². The fourth-order valence-corrected chi connectivity index (χ4v) is 2.28. The molecule has 0 bridgehead atoms. The molecule has 1 fully saturated rings. The van der Waals surface area contributed by atoms with Gasteiger partial charge < -0.3 is 15.7 Å². The molecule has 0 aromatic heterocycles. The van der Waals surface area contributed by atoms with Crippen molar-refractivity contribution in [3.8, 4) is 0 Å². The van der Waals surface area contributed by atoms with E-state index >= 15 is 0 Å². The van der Waals surface area contributed by atoms with Gasteiger partial charge in [-0.05, 0) is 31.6 Å². The highest BCUT2D eigenvalue weighted by Crippen LogP contribution is 2.26. The molecule has 5 heteroatoms. The van der Waals surface area contributed by atoms with E-state index in [1.807, 2.05) is 0 Å². The van der Waals surface area contributed by atoms with E-state index < -0.39 is 11.9 Å². The number of rotatable bonds is 5. The van der Waals surface area contributed by atoms with E-state index in [2.05, 4.69) is 17.6 Å². The molecule has 0 aliphatic heterocycles. The van der Waals surface area contributed by atoms with E-state index in [-0.39, 0.29) is 18.6 Å². The summed E-state index contributed by atoms with van der Waals surface area (Å²) in [6.07, 6.45) is 5.62. The Hall–Kier alpha value is -1.26. The molecular weight excluding hydrogens is 232 g/mol. The maximum absolute atomic E-state index is 11.6. The van der Waals surface area contributed by atoms with E-state index in [4.69, 9.17) is 5.11 Å². The highest BCUT2D eigenvalue weighted by molar-refractivity contribution is 5.75. The van der Waals surface area contributed by atoms with Crippen molar-refractivity contribution in [3.05, 3.63) is 0 Å². The summed E-state index contributed by atoms with van der Waals surface area (Å²) in [6, 6.07) is -0.00372. The van der Waals surface area contributed by atoms with Gasteiger partial charge in [-0.3, -0.25) is 4.79 Å². The molecule has 1 atom stereocenters. The fraction of sp³-hybridized carbons (Fsp3) is 0.846. The minimum atomic E-state index is -0.890. The van der Waals surface area contributed by atoms with Crippen molar-refractivity contribution in [2.24, 2.45) is 11.8 Å². The molecule has 104 valence electrons. The lowest BCUT2D eigenvalue weighted by molar-refractivity contribution is -0.140. The van der Waals surface area contributed by atoms with Gasteiger partial charge in [0.1, 0.15) is 0 Å². The van der Waals surface area contributed by atoms with Gasteiger partial charge in [0.2, 0.25) is 0 Å². The normalized spacial score (nSPS) is 25.2. The zero-order valence-corrected chi connectivity index (χ0v) is 11.2. The highest BCUT2D eigenvalue weighted by atomic mass is 16.4. The van der Waals surface area contributed by atoms with E-state index in [1.54, 1.807) is 6.92 Å². The third-order valence-electron chi connectivity index (χ3n) is 3.75. The van der Waals surface area contributed by atoms with Crippen molar-refractivity contribution in [2.45, 2.75) is 52.0 Å². The van der Waals surface area contributed by atoms with Crippen LogP contribution >= 0.6 is 0 Å². The molecule has 1 aliphatic rings. The smallest absolute Gasteiger partial charge is 0.315 e. The summed E-state index contributed by atoms with van der Waals surface area (Å²) in [4.78, 5) is 22.2. The number of amides is 2. The van der Waals surface area contributed by atoms with Crippen LogP contribution < -0.4 is 10.6 Å². The first-order valence-corrected chi connectivity index (χ1v) is 6.80. The van der Waals surface area contributed by atoms with E-state index in [0.29, 0.717) is 0 Å². The van der Waals surface area contributed by atoms with E-state index in [0.717, 1.165) is 18.8 Å². The molecule has 0 aromatic carbocycles. The van der Waals surface area contributed by atoms with Crippen LogP contribution in [0.4, 0.5) is 4.79 Å². The van der Waals surface area contributed by atoms with Crippen LogP contribution in [0.5, 0.6) is 0 Å². The second-order valence-corrected chi connectivity index (χ2v) is 5.22. The molecule has 18 heavy (non-hydrogen) atoms. The molecule has 5 nitrogen and oxygen atoms in total. The quantitative estimate of drug-likeness (QED) is 0.703. The van der Waals surface area contributed by atoms with Gasteiger partial charge in [0, 0.05) is 12.6 Å². The van der Waals surface area contributed by atoms with Crippen LogP contribution in [-0.2, 0) is 4.79 Å². The summed E-state index contributed by atoms with van der Waals surface area (Å²) in [7, 11) is 0. The predicted molar refractivity (Wildman–Crippen MR) is 69.4 cm³/mol. The predicted octanol–water partition coefficient (Wildman–Crippen LogP) is 1.98. The number of hydrogen-bond donors (Lipinski definition) is 3. The summed E-state index contributed by atoms with van der Waals surface area (Å²) in [5, 5.41) is 14.2. The first-order valence-electron chi connectivity index (χ1n) is 6.80. The maximum Gasteiger partial charge on any atom is 0.315 e. The summed E-state index contributed by atoms with van der Waals surface area (Å²) < 4.78 is 0. The molecule has 0 saturated heterocycles. The van der Waals surface area contributed by atoms with E-state index in [1.165, 1.54) is 19.3 Å². The number of nitrogens with one attached hydrogen (secondary N) is 2. The lowest BCUT2D eigenvalue weighted by atomic mass is 9.85. The Bertz CT molecular complexity index is 286. The molecule has 0 heterocycles. The van der Waals surface area contributed by atoms with Gasteiger partial charge in [0.15, 0.2) is 0 Å². The standard InChI is InChI=1S/C13H24N2O3/c1-3-10-4-6-11(7-5-10)15-13(18)14-8-9(2)12(16)17/h9-11H,3-8H2,1-2H3,(H,16,17)(H2,14,15,18). The van der Waals surface area contributed by atoms with Crippen LogP contribution in [-0.4, -0.2) is 29.7 Å². The van der Waals surface area contributed by atoms with Gasteiger partial charge in [-0.25, -0.2) is 4.79 Å². The zero-order valence-electron chi connectivity index (χ0n) is 11.2. The first kappa shape index (κ1) is 14.8. The Morgan fingerprint density at radius 3 is 2.39 bits per heavy atom. The van der Waals surface area contributed by atoms with Crippen LogP contribution in [0.25, 0.3) is 0 Å². The Kier molecular flexibility index (Phi) is 5.95. The average Bonchev–Trinajstić information content (AvgIpc) is 2.36. The van der Waals surface area contributed by atoms with Crippen LogP contribution in [0.1, 0.15) is 46.0 Å². The number of aliphatic carboxylic acids is 1. The Labute approximate surface area is 108 Å². The second kappa shape index (κ2) is 7.24. The van der Waals surface area contributed by atoms with Gasteiger partial charge in [-0.15, -0.1) is 0 Å². The number of urea groups is 1. The van der Waals surface area contributed by atoms with Gasteiger partial charge in [-0.2, -0.15) is 0 Å². The second-order valence-electron chi connectivity index (χ2n) is 5.22. The summed E-state index contributed by atoms with van der Waals surface area (Å²) >= 11 is 0. The molecule has 0 radical (unpaired) electrons. The molecule has 0 spiro atoms. The summed E-state index contributed by atoms with van der Waals surface area (Å²) in [5.74, 6) is -0.636. The SMILES string of the molecule is CCC1CCC(NC(=O)NCC(C)C(=O)O)CC1. The first-order chi connectivity index (χ1) is 8.52. The largest absolute Gasteiger partial charge is 0.481 e. The van der Waals surface area contributed by atoms with Crippen LogP contribution in [0.15, 0.2) is 0 Å². The molecule has 1 aliphatic carbocycles. The van der Waals surface area contributed by atoms with Crippen LogP contribution in [0.3, 0.4) is 0 Å². The topological polar surface area (TPSA) is 78.4 Å². The number of carbonyl (C=O) groups is 2. The number of hydrogen-bond acceptors (Lipinski definition) is 2. The lowest BCUT2D eigenvalue weighted by Crippen LogP contribution is -2.45. The Morgan fingerprint density at radius 2 is 1.89 bits per heavy atom. The lowest BCUT2D eigenvalue weighted by Gasteiger charge is -2.28. The van der Waals surface area contributed by atoms with E-state index in [9.17, 15) is 9.59 Å². The van der Waals surface area contributed by atoms with Crippen LogP contribution in [0.2, 0.25) is 0 Å². The van der Waals surface area contributed by atoms with Crippen molar-refractivity contribution >= 4 is 12.0 Å². The minimum absolute atomic E-state index is 0.172. The van der Waals surface area contributed by atoms with Gasteiger partial charge in [-0.1, -0.05) is 20.3 Å². The third kappa shape index (κ3) is 4.94.